The lowest BCUT2D eigenvalue weighted by Crippen LogP contribution is -2.46. The second-order valence-corrected chi connectivity index (χ2v) is 16.4. The van der Waals surface area contributed by atoms with E-state index in [9.17, 15) is 19.4 Å². The Morgan fingerprint density at radius 3 is 1.48 bits per heavy atom. The summed E-state index contributed by atoms with van der Waals surface area (Å²) in [6, 6.07) is -0.795. The highest BCUT2D eigenvalue weighted by Crippen LogP contribution is 2.43. The van der Waals surface area contributed by atoms with Gasteiger partial charge >= 0.3 is 7.82 Å². The van der Waals surface area contributed by atoms with Gasteiger partial charge in [0.15, 0.2) is 0 Å². The van der Waals surface area contributed by atoms with Crippen molar-refractivity contribution in [2.75, 3.05) is 40.9 Å². The highest BCUT2D eigenvalue weighted by molar-refractivity contribution is 7.47. The molecule has 1 amide bonds. The molecule has 9 heteroatoms. The molecule has 3 atom stereocenters. The number of aliphatic hydroxyl groups excluding tert-OH is 1. The van der Waals surface area contributed by atoms with Crippen molar-refractivity contribution in [2.45, 2.75) is 142 Å². The first kappa shape index (κ1) is 53.2. The number of phosphoric ester groups is 1. The minimum absolute atomic E-state index is 0.0559. The highest BCUT2D eigenvalue weighted by Gasteiger charge is 2.28. The van der Waals surface area contributed by atoms with E-state index in [1.807, 2.05) is 21.1 Å². The quantitative estimate of drug-likeness (QED) is 0.0252. The van der Waals surface area contributed by atoms with Crippen molar-refractivity contribution >= 4 is 13.7 Å². The Labute approximate surface area is 342 Å². The molecule has 0 aromatic rings. The molecule has 0 saturated heterocycles. The molecule has 0 saturated carbocycles. The zero-order valence-corrected chi connectivity index (χ0v) is 36.7. The maximum atomic E-state index is 12.7. The molecule has 0 rings (SSSR count). The molecular weight excluding hydrogens is 719 g/mol. The standard InChI is InChI=1S/C47H79N2O6P/c1-6-8-10-12-13-14-15-16-17-18-19-20-21-22-23-24-25-26-27-28-29-30-31-32-33-34-35-37-39-41-47(51)48-45(46(50)40-38-36-11-9-7-2)44-55-56(52,53)54-43-42-49(3,4)5/h8,10,13-14,16-17,19-20,22-23,25-26,28-29,31-32,34-35,45-46,50H,6-7,9,11-12,15,18,21,24,27,30,33,36-44H2,1-5H3,(H-,48,51,52,53)/p+1/b10-8-,14-13-,17-16-,20-19-,23-22-,26-25-,29-28-,32-31-,35-34-. The van der Waals surface area contributed by atoms with E-state index in [0.717, 1.165) is 96.3 Å². The van der Waals surface area contributed by atoms with Crippen LogP contribution in [0, 0.1) is 0 Å². The number of hydrogen-bond donors (Lipinski definition) is 3. The average Bonchev–Trinajstić information content (AvgIpc) is 3.15. The number of aliphatic hydroxyl groups is 1. The summed E-state index contributed by atoms with van der Waals surface area (Å²) < 4.78 is 23.3. The zero-order valence-electron chi connectivity index (χ0n) is 35.8. The van der Waals surface area contributed by atoms with Crippen molar-refractivity contribution in [1.29, 1.82) is 0 Å². The fourth-order valence-electron chi connectivity index (χ4n) is 5.16. The Morgan fingerprint density at radius 1 is 0.625 bits per heavy atom. The van der Waals surface area contributed by atoms with E-state index in [2.05, 4.69) is 129 Å². The van der Waals surface area contributed by atoms with Crippen molar-refractivity contribution in [3.05, 3.63) is 109 Å². The number of quaternary nitrogens is 1. The van der Waals surface area contributed by atoms with Gasteiger partial charge in [-0.2, -0.15) is 0 Å². The van der Waals surface area contributed by atoms with Gasteiger partial charge in [-0.1, -0.05) is 155 Å². The van der Waals surface area contributed by atoms with Crippen LogP contribution in [0.3, 0.4) is 0 Å². The predicted molar refractivity (Wildman–Crippen MR) is 239 cm³/mol. The third-order valence-electron chi connectivity index (χ3n) is 8.54. The summed E-state index contributed by atoms with van der Waals surface area (Å²) in [5.41, 5.74) is 0. The van der Waals surface area contributed by atoms with Crippen LogP contribution >= 0.6 is 7.82 Å². The van der Waals surface area contributed by atoms with Crippen LogP contribution in [-0.4, -0.2) is 73.4 Å². The van der Waals surface area contributed by atoms with Crippen LogP contribution in [-0.2, 0) is 18.4 Å². The van der Waals surface area contributed by atoms with E-state index < -0.39 is 20.0 Å². The van der Waals surface area contributed by atoms with Crippen LogP contribution < -0.4 is 5.32 Å². The number of phosphoric acid groups is 1. The molecular formula is C47H80N2O6P+. The van der Waals surface area contributed by atoms with Crippen molar-refractivity contribution in [2.24, 2.45) is 0 Å². The van der Waals surface area contributed by atoms with Crippen LogP contribution in [0.4, 0.5) is 0 Å². The average molecular weight is 800 g/mol. The summed E-state index contributed by atoms with van der Waals surface area (Å²) in [5, 5.41) is 13.7. The lowest BCUT2D eigenvalue weighted by molar-refractivity contribution is -0.870. The van der Waals surface area contributed by atoms with Gasteiger partial charge in [-0.15, -0.1) is 0 Å². The molecule has 0 aromatic carbocycles. The number of likely N-dealkylation sites (N-methyl/N-ethyl adjacent to an activating group) is 1. The van der Waals surface area contributed by atoms with Crippen LogP contribution in [0.5, 0.6) is 0 Å². The second kappa shape index (κ2) is 37.7. The Morgan fingerprint density at radius 2 is 1.05 bits per heavy atom. The van der Waals surface area contributed by atoms with Gasteiger partial charge in [-0.3, -0.25) is 13.8 Å². The third kappa shape index (κ3) is 39.4. The summed E-state index contributed by atoms with van der Waals surface area (Å²) in [6.45, 7) is 4.59. The Balaban J connectivity index is 4.24. The molecule has 0 aliphatic heterocycles. The molecule has 0 spiro atoms. The summed E-state index contributed by atoms with van der Waals surface area (Å²) >= 11 is 0. The van der Waals surface area contributed by atoms with Gasteiger partial charge in [0.25, 0.3) is 0 Å². The van der Waals surface area contributed by atoms with Crippen molar-refractivity contribution in [3.8, 4) is 0 Å². The molecule has 318 valence electrons. The fraction of sp³-hybridized carbons (Fsp3) is 0.596. The highest BCUT2D eigenvalue weighted by atomic mass is 31.2. The fourth-order valence-corrected chi connectivity index (χ4v) is 5.90. The number of amides is 1. The number of allylic oxidation sites excluding steroid dienone is 18. The molecule has 0 aromatic heterocycles. The Kier molecular flexibility index (Phi) is 35.8. The van der Waals surface area contributed by atoms with E-state index in [-0.39, 0.29) is 25.5 Å². The molecule has 0 fully saturated rings. The molecule has 0 heterocycles. The number of carbonyl (C=O) groups is 1. The number of rotatable bonds is 36. The lowest BCUT2D eigenvalue weighted by atomic mass is 10.0. The first-order valence-corrected chi connectivity index (χ1v) is 22.7. The predicted octanol–water partition coefficient (Wildman–Crippen LogP) is 11.7. The first-order chi connectivity index (χ1) is 27.0. The number of unbranched alkanes of at least 4 members (excludes halogenated alkanes) is 5. The minimum Gasteiger partial charge on any atom is -0.391 e. The number of hydrogen-bond acceptors (Lipinski definition) is 5. The van der Waals surface area contributed by atoms with Crippen molar-refractivity contribution < 1.29 is 32.9 Å². The molecule has 0 aliphatic carbocycles. The molecule has 0 aliphatic rings. The number of nitrogens with one attached hydrogen (secondary N) is 1. The topological polar surface area (TPSA) is 105 Å². The van der Waals surface area contributed by atoms with Gasteiger partial charge < -0.3 is 19.8 Å². The number of nitrogens with zero attached hydrogens (tertiary/aromatic N) is 1. The van der Waals surface area contributed by atoms with Crippen LogP contribution in [0.15, 0.2) is 109 Å². The first-order valence-electron chi connectivity index (χ1n) is 21.3. The molecule has 3 unspecified atom stereocenters. The molecule has 0 radical (unpaired) electrons. The van der Waals surface area contributed by atoms with E-state index in [0.29, 0.717) is 23.9 Å². The second-order valence-electron chi connectivity index (χ2n) is 15.0. The van der Waals surface area contributed by atoms with Gasteiger partial charge in [-0.25, -0.2) is 4.57 Å². The summed E-state index contributed by atoms with van der Waals surface area (Å²) in [5.74, 6) is -0.216. The lowest BCUT2D eigenvalue weighted by Gasteiger charge is -2.26. The normalized spacial score (nSPS) is 15.5. The van der Waals surface area contributed by atoms with Gasteiger partial charge in [0, 0.05) is 6.42 Å². The molecule has 56 heavy (non-hydrogen) atoms. The monoisotopic (exact) mass is 800 g/mol. The van der Waals surface area contributed by atoms with E-state index >= 15 is 0 Å². The van der Waals surface area contributed by atoms with Gasteiger partial charge in [-0.05, 0) is 77.0 Å². The molecule has 3 N–H and O–H groups in total. The third-order valence-corrected chi connectivity index (χ3v) is 9.52. The summed E-state index contributed by atoms with van der Waals surface area (Å²) in [6.07, 6.45) is 54.6. The maximum absolute atomic E-state index is 12.7. The van der Waals surface area contributed by atoms with Gasteiger partial charge in [0.05, 0.1) is 39.9 Å². The smallest absolute Gasteiger partial charge is 0.391 e. The number of carbonyl (C=O) groups excluding carboxylic acids is 1. The van der Waals surface area contributed by atoms with Crippen LogP contribution in [0.25, 0.3) is 0 Å². The Bertz CT molecular complexity index is 1270. The van der Waals surface area contributed by atoms with Crippen LogP contribution in [0.2, 0.25) is 0 Å². The SMILES string of the molecule is CC/C=C\C/C=C\C/C=C\C/C=C\C/C=C\C/C=C\C/C=C\C/C=C\C/C=C\CCCC(=O)NC(COP(=O)(O)OCC[N+](C)(C)C)C(O)CCCCCCC. The summed E-state index contributed by atoms with van der Waals surface area (Å²) in [4.78, 5) is 22.9. The maximum Gasteiger partial charge on any atom is 0.472 e. The molecule has 8 nitrogen and oxygen atoms in total. The molecule has 0 bridgehead atoms. The largest absolute Gasteiger partial charge is 0.472 e. The van der Waals surface area contributed by atoms with E-state index in [1.54, 1.807) is 0 Å². The van der Waals surface area contributed by atoms with Gasteiger partial charge in [0.1, 0.15) is 13.2 Å². The van der Waals surface area contributed by atoms with E-state index in [4.69, 9.17) is 9.05 Å². The van der Waals surface area contributed by atoms with Crippen molar-refractivity contribution in [1.82, 2.24) is 5.32 Å². The summed E-state index contributed by atoms with van der Waals surface area (Å²) in [7, 11) is 1.55. The zero-order chi connectivity index (χ0) is 41.4. The van der Waals surface area contributed by atoms with Crippen molar-refractivity contribution in [3.63, 3.8) is 0 Å². The Hall–Kier alpha value is -2.84. The minimum atomic E-state index is -4.32. The van der Waals surface area contributed by atoms with E-state index in [1.165, 1.54) is 0 Å². The van der Waals surface area contributed by atoms with Crippen LogP contribution in [0.1, 0.15) is 129 Å². The van der Waals surface area contributed by atoms with Gasteiger partial charge in [0.2, 0.25) is 5.91 Å².